The van der Waals surface area contributed by atoms with Gasteiger partial charge in [0.2, 0.25) is 5.78 Å². The van der Waals surface area contributed by atoms with Crippen LogP contribution in [0, 0.1) is 6.92 Å². The lowest BCUT2D eigenvalue weighted by molar-refractivity contribution is -0.141. The maximum absolute atomic E-state index is 13.5. The molecule has 4 nitrogen and oxygen atoms in total. The third-order valence-corrected chi connectivity index (χ3v) is 6.28. The Morgan fingerprint density at radius 1 is 0.964 bits per heavy atom. The van der Waals surface area contributed by atoms with Crippen molar-refractivity contribution in [3.63, 3.8) is 0 Å². The van der Waals surface area contributed by atoms with Gasteiger partial charge in [-0.15, -0.1) is 0 Å². The van der Waals surface area contributed by atoms with Gasteiger partial charge < -0.3 is 9.47 Å². The fourth-order valence-corrected chi connectivity index (χ4v) is 4.96. The van der Waals surface area contributed by atoms with E-state index in [9.17, 15) is 9.59 Å². The van der Waals surface area contributed by atoms with Crippen LogP contribution in [0.2, 0.25) is 0 Å². The first-order valence-corrected chi connectivity index (χ1v) is 9.63. The Hall–Kier alpha value is -2.82. The molecule has 1 spiro atoms. The van der Waals surface area contributed by atoms with Crippen molar-refractivity contribution in [2.75, 3.05) is 0 Å². The van der Waals surface area contributed by atoms with Gasteiger partial charge in [-0.1, -0.05) is 60.2 Å². The predicted molar refractivity (Wildman–Crippen MR) is 104 cm³/mol. The molecule has 0 saturated carbocycles. The van der Waals surface area contributed by atoms with Crippen LogP contribution in [0.25, 0.3) is 21.9 Å². The van der Waals surface area contributed by atoms with Gasteiger partial charge in [0.1, 0.15) is 0 Å². The zero-order valence-electron chi connectivity index (χ0n) is 15.4. The van der Waals surface area contributed by atoms with Gasteiger partial charge in [0.25, 0.3) is 0 Å². The molecule has 2 heterocycles. The first-order chi connectivity index (χ1) is 13.6. The van der Waals surface area contributed by atoms with Crippen molar-refractivity contribution in [2.24, 2.45) is 0 Å². The lowest BCUT2D eigenvalue weighted by Crippen LogP contribution is -2.46. The van der Waals surface area contributed by atoms with Crippen molar-refractivity contribution in [2.45, 2.75) is 37.8 Å². The second-order valence-corrected chi connectivity index (χ2v) is 7.89. The molecule has 2 fully saturated rings. The van der Waals surface area contributed by atoms with Crippen LogP contribution in [0.1, 0.15) is 34.3 Å². The van der Waals surface area contributed by atoms with E-state index in [1.165, 1.54) is 5.56 Å². The molecule has 3 aliphatic rings. The first kappa shape index (κ1) is 16.2. The highest BCUT2D eigenvalue weighted by atomic mass is 16.7. The molecule has 0 N–H and O–H groups in total. The Balaban J connectivity index is 1.63. The Morgan fingerprint density at radius 2 is 1.75 bits per heavy atom. The smallest absolute Gasteiger partial charge is 0.203 e. The van der Waals surface area contributed by atoms with Gasteiger partial charge in [-0.2, -0.15) is 0 Å². The quantitative estimate of drug-likeness (QED) is 0.640. The van der Waals surface area contributed by atoms with Gasteiger partial charge in [-0.3, -0.25) is 9.59 Å². The summed E-state index contributed by atoms with van der Waals surface area (Å²) in [6, 6.07) is 18.1. The number of benzene rings is 3. The zero-order chi connectivity index (χ0) is 19.0. The molecule has 3 aromatic rings. The molecule has 2 unspecified atom stereocenters. The Morgan fingerprint density at radius 3 is 2.57 bits per heavy atom. The molecule has 2 bridgehead atoms. The average molecular weight is 370 g/mol. The number of ketones is 2. The average Bonchev–Trinajstić information content (AvgIpc) is 3.16. The number of carbonyl (C=O) groups excluding carboxylic acids is 2. The van der Waals surface area contributed by atoms with E-state index in [0.29, 0.717) is 18.4 Å². The van der Waals surface area contributed by atoms with Crippen molar-refractivity contribution in [1.29, 1.82) is 0 Å². The zero-order valence-corrected chi connectivity index (χ0v) is 15.4. The van der Waals surface area contributed by atoms with Crippen LogP contribution in [0.15, 0.2) is 54.6 Å². The highest BCUT2D eigenvalue weighted by molar-refractivity contribution is 6.23. The summed E-state index contributed by atoms with van der Waals surface area (Å²) >= 11 is 0. The predicted octanol–water partition coefficient (Wildman–Crippen LogP) is 4.31. The van der Waals surface area contributed by atoms with Crippen LogP contribution in [0.4, 0.5) is 0 Å². The second-order valence-electron chi connectivity index (χ2n) is 7.89. The lowest BCUT2D eigenvalue weighted by atomic mass is 9.84. The summed E-state index contributed by atoms with van der Waals surface area (Å²) in [5, 5.41) is 1.89. The highest BCUT2D eigenvalue weighted by Crippen LogP contribution is 2.53. The Labute approximate surface area is 162 Å². The molecule has 3 aromatic carbocycles. The van der Waals surface area contributed by atoms with E-state index in [-0.39, 0.29) is 11.6 Å². The van der Waals surface area contributed by atoms with Crippen molar-refractivity contribution < 1.29 is 19.1 Å². The molecular weight excluding hydrogens is 352 g/mol. The second kappa shape index (κ2) is 5.37. The molecule has 6 rings (SSSR count). The molecule has 4 heteroatoms. The van der Waals surface area contributed by atoms with E-state index < -0.39 is 18.0 Å². The Kier molecular flexibility index (Phi) is 3.10. The van der Waals surface area contributed by atoms with E-state index >= 15 is 0 Å². The van der Waals surface area contributed by atoms with Crippen LogP contribution in [-0.4, -0.2) is 24.0 Å². The van der Waals surface area contributed by atoms with Gasteiger partial charge in [-0.25, -0.2) is 0 Å². The third kappa shape index (κ3) is 1.87. The van der Waals surface area contributed by atoms with Crippen LogP contribution in [0.5, 0.6) is 0 Å². The summed E-state index contributed by atoms with van der Waals surface area (Å²) in [5.74, 6) is -0.206. The standard InChI is InChI=1S/C24H18O4/c1-13-5-7-14(8-6-13)15-9-10-17-21-16(15)3-2-4-18(21)24(22(17)26)23-19(25)11-12-20(27-23)28-24/h2-10,20,23H,11-12H2,1H3/t20?,23?,24-/m1/s1. The molecule has 28 heavy (non-hydrogen) atoms. The Bertz CT molecular complexity index is 1180. The van der Waals surface area contributed by atoms with Gasteiger partial charge >= 0.3 is 0 Å². The number of rotatable bonds is 1. The summed E-state index contributed by atoms with van der Waals surface area (Å²) in [6.45, 7) is 2.06. The van der Waals surface area contributed by atoms with E-state index in [1.807, 2.05) is 30.3 Å². The number of hydrogen-bond donors (Lipinski definition) is 0. The first-order valence-electron chi connectivity index (χ1n) is 9.63. The van der Waals surface area contributed by atoms with Crippen molar-refractivity contribution in [3.05, 3.63) is 71.3 Å². The molecule has 0 aromatic heterocycles. The highest BCUT2D eigenvalue weighted by Gasteiger charge is 2.64. The van der Waals surface area contributed by atoms with Crippen LogP contribution < -0.4 is 0 Å². The molecule has 0 radical (unpaired) electrons. The number of hydrogen-bond acceptors (Lipinski definition) is 4. The third-order valence-electron chi connectivity index (χ3n) is 6.28. The van der Waals surface area contributed by atoms with Crippen molar-refractivity contribution >= 4 is 22.3 Å². The van der Waals surface area contributed by atoms with Gasteiger partial charge in [0, 0.05) is 24.0 Å². The molecule has 0 amide bonds. The summed E-state index contributed by atoms with van der Waals surface area (Å²) in [6.07, 6.45) is -0.441. The summed E-state index contributed by atoms with van der Waals surface area (Å²) < 4.78 is 12.0. The minimum absolute atomic E-state index is 0.0503. The maximum Gasteiger partial charge on any atom is 0.203 e. The van der Waals surface area contributed by atoms with E-state index in [1.54, 1.807) is 0 Å². The molecule has 3 atom stereocenters. The fraction of sp³-hybridized carbons (Fsp3) is 0.250. The van der Waals surface area contributed by atoms with Gasteiger partial charge in [0.15, 0.2) is 23.8 Å². The van der Waals surface area contributed by atoms with Crippen molar-refractivity contribution in [1.82, 2.24) is 0 Å². The lowest BCUT2D eigenvalue weighted by Gasteiger charge is -2.26. The van der Waals surface area contributed by atoms with Crippen LogP contribution in [-0.2, 0) is 19.9 Å². The van der Waals surface area contributed by atoms with E-state index in [0.717, 1.165) is 27.5 Å². The molecular formula is C24H18O4. The van der Waals surface area contributed by atoms with Crippen LogP contribution >= 0.6 is 0 Å². The van der Waals surface area contributed by atoms with Crippen LogP contribution in [0.3, 0.4) is 0 Å². The summed E-state index contributed by atoms with van der Waals surface area (Å²) in [7, 11) is 0. The minimum atomic E-state index is -1.33. The van der Waals surface area contributed by atoms with E-state index in [4.69, 9.17) is 9.47 Å². The molecule has 2 saturated heterocycles. The molecule has 138 valence electrons. The van der Waals surface area contributed by atoms with Gasteiger partial charge in [0.05, 0.1) is 0 Å². The summed E-state index contributed by atoms with van der Waals surface area (Å²) in [5.41, 5.74) is 3.42. The summed E-state index contributed by atoms with van der Waals surface area (Å²) in [4.78, 5) is 26.1. The minimum Gasteiger partial charge on any atom is -0.338 e. The number of carbonyl (C=O) groups is 2. The fourth-order valence-electron chi connectivity index (χ4n) is 4.96. The SMILES string of the molecule is Cc1ccc(-c2ccc3c4c(cccc24)[C@@]2(OC4CCC(=O)C2O4)C3=O)cc1. The largest absolute Gasteiger partial charge is 0.338 e. The van der Waals surface area contributed by atoms with Crippen molar-refractivity contribution in [3.8, 4) is 11.1 Å². The number of ether oxygens (including phenoxy) is 2. The number of Topliss-reactive ketones (excluding diaryl/α,β-unsaturated/α-hetero) is 2. The monoisotopic (exact) mass is 370 g/mol. The van der Waals surface area contributed by atoms with E-state index in [2.05, 4.69) is 31.2 Å². The topological polar surface area (TPSA) is 52.6 Å². The number of aryl methyl sites for hydroxylation is 1. The molecule has 2 aliphatic heterocycles. The van der Waals surface area contributed by atoms with Gasteiger partial charge in [-0.05, 0) is 28.8 Å². The maximum atomic E-state index is 13.5. The normalized spacial score (nSPS) is 27.9. The molecule has 1 aliphatic carbocycles. The number of fused-ring (bicyclic) bond motifs is 4.